The predicted molar refractivity (Wildman–Crippen MR) is 85.3 cm³/mol. The van der Waals surface area contributed by atoms with Gasteiger partial charge >= 0.3 is 6.03 Å². The van der Waals surface area contributed by atoms with Crippen LogP contribution in [-0.2, 0) is 9.59 Å². The van der Waals surface area contributed by atoms with Crippen LogP contribution in [0.15, 0.2) is 30.3 Å². The Labute approximate surface area is 139 Å². The van der Waals surface area contributed by atoms with Crippen molar-refractivity contribution in [3.8, 4) is 0 Å². The average Bonchev–Trinajstić information content (AvgIpc) is 2.80. The van der Waals surface area contributed by atoms with Crippen molar-refractivity contribution in [3.05, 3.63) is 41.7 Å². The van der Waals surface area contributed by atoms with Crippen LogP contribution in [0.25, 0.3) is 6.08 Å². The molecule has 0 bridgehead atoms. The second kappa shape index (κ2) is 6.43. The quantitative estimate of drug-likeness (QED) is 0.785. The van der Waals surface area contributed by atoms with Gasteiger partial charge in [-0.2, -0.15) is 0 Å². The van der Waals surface area contributed by atoms with Gasteiger partial charge in [0.1, 0.15) is 11.9 Å². The molecular formula is C17H18FN3O3. The Hall–Kier alpha value is -2.70. The highest BCUT2D eigenvalue weighted by Gasteiger charge is 2.46. The Bertz CT molecular complexity index is 719. The van der Waals surface area contributed by atoms with Crippen molar-refractivity contribution < 1.29 is 18.8 Å². The van der Waals surface area contributed by atoms with Gasteiger partial charge in [0.15, 0.2) is 0 Å². The molecule has 4 amide bonds. The summed E-state index contributed by atoms with van der Waals surface area (Å²) in [6.07, 6.45) is 3.31. The molecular weight excluding hydrogens is 313 g/mol. The van der Waals surface area contributed by atoms with Gasteiger partial charge in [0.2, 0.25) is 5.91 Å². The summed E-state index contributed by atoms with van der Waals surface area (Å²) in [5.74, 6) is -0.760. The molecule has 3 rings (SSSR count). The lowest BCUT2D eigenvalue weighted by Crippen LogP contribution is -2.54. The molecule has 1 aromatic rings. The van der Waals surface area contributed by atoms with E-state index in [9.17, 15) is 18.8 Å². The first-order valence-electron chi connectivity index (χ1n) is 7.76. The number of likely N-dealkylation sites (N-methyl/N-ethyl adjacent to an activating group) is 1. The molecule has 0 aliphatic carbocycles. The van der Waals surface area contributed by atoms with Crippen molar-refractivity contribution in [1.82, 2.24) is 14.7 Å². The Morgan fingerprint density at radius 2 is 2.04 bits per heavy atom. The number of benzene rings is 1. The topological polar surface area (TPSA) is 60.9 Å². The van der Waals surface area contributed by atoms with Gasteiger partial charge in [0, 0.05) is 32.1 Å². The van der Waals surface area contributed by atoms with Crippen molar-refractivity contribution >= 4 is 23.9 Å². The predicted octanol–water partition coefficient (Wildman–Crippen LogP) is 1.33. The highest BCUT2D eigenvalue weighted by atomic mass is 19.1. The van der Waals surface area contributed by atoms with E-state index in [0.717, 1.165) is 4.90 Å². The molecule has 1 unspecified atom stereocenters. The summed E-state index contributed by atoms with van der Waals surface area (Å²) in [7, 11) is 1.45. The van der Waals surface area contributed by atoms with Crippen LogP contribution in [0.1, 0.15) is 12.0 Å². The van der Waals surface area contributed by atoms with Crippen LogP contribution in [0.3, 0.4) is 0 Å². The largest absolute Gasteiger partial charge is 0.338 e. The van der Waals surface area contributed by atoms with Gasteiger partial charge < -0.3 is 9.80 Å². The third-order valence-electron chi connectivity index (χ3n) is 4.38. The molecule has 0 radical (unpaired) electrons. The maximum Gasteiger partial charge on any atom is 0.327 e. The second-order valence-electron chi connectivity index (χ2n) is 5.86. The van der Waals surface area contributed by atoms with E-state index in [1.54, 1.807) is 35.3 Å². The standard InChI is InChI=1S/C17H18FN3O3/c1-19-16(23)14-11-20(9-10-21(14)17(19)24)15(22)8-4-6-12-5-2-3-7-13(12)18/h2-7,14H,8-11H2,1H3/b6-4+. The SMILES string of the molecule is CN1C(=O)C2CN(C(=O)C/C=C/c3ccccc3F)CCN2C1=O. The molecule has 1 atom stereocenters. The van der Waals surface area contributed by atoms with Gasteiger partial charge in [-0.1, -0.05) is 30.4 Å². The number of hydrogen-bond acceptors (Lipinski definition) is 3. The first kappa shape index (κ1) is 16.2. The van der Waals surface area contributed by atoms with Gasteiger partial charge in [-0.25, -0.2) is 9.18 Å². The zero-order chi connectivity index (χ0) is 17.3. The van der Waals surface area contributed by atoms with Gasteiger partial charge in [-0.05, 0) is 6.07 Å². The number of imide groups is 1. The van der Waals surface area contributed by atoms with E-state index in [1.165, 1.54) is 18.0 Å². The number of rotatable bonds is 3. The molecule has 0 spiro atoms. The summed E-state index contributed by atoms with van der Waals surface area (Å²) < 4.78 is 13.5. The fraction of sp³-hybridized carbons (Fsp3) is 0.353. The number of fused-ring (bicyclic) bond motifs is 1. The van der Waals surface area contributed by atoms with Crippen LogP contribution >= 0.6 is 0 Å². The number of amides is 4. The summed E-state index contributed by atoms with van der Waals surface area (Å²) in [6.45, 7) is 0.958. The number of urea groups is 1. The van der Waals surface area contributed by atoms with E-state index in [4.69, 9.17) is 0 Å². The van der Waals surface area contributed by atoms with Crippen LogP contribution in [-0.4, -0.2) is 65.3 Å². The minimum atomic E-state index is -0.587. The van der Waals surface area contributed by atoms with Crippen LogP contribution in [0.4, 0.5) is 9.18 Å². The number of carbonyl (C=O) groups is 3. The lowest BCUT2D eigenvalue weighted by Gasteiger charge is -2.35. The molecule has 1 aromatic carbocycles. The summed E-state index contributed by atoms with van der Waals surface area (Å²) in [5, 5.41) is 0. The van der Waals surface area contributed by atoms with E-state index in [1.807, 2.05) is 0 Å². The summed E-state index contributed by atoms with van der Waals surface area (Å²) >= 11 is 0. The van der Waals surface area contributed by atoms with Crippen molar-refractivity contribution in [2.24, 2.45) is 0 Å². The molecule has 2 aliphatic rings. The zero-order valence-electron chi connectivity index (χ0n) is 13.3. The molecule has 7 heteroatoms. The maximum atomic E-state index is 13.5. The van der Waals surface area contributed by atoms with E-state index >= 15 is 0 Å². The monoisotopic (exact) mass is 331 g/mol. The average molecular weight is 331 g/mol. The lowest BCUT2D eigenvalue weighted by atomic mass is 10.1. The van der Waals surface area contributed by atoms with Gasteiger partial charge in [-0.3, -0.25) is 14.5 Å². The van der Waals surface area contributed by atoms with Crippen LogP contribution < -0.4 is 0 Å². The molecule has 2 heterocycles. The first-order chi connectivity index (χ1) is 11.5. The van der Waals surface area contributed by atoms with Gasteiger partial charge in [0.05, 0.1) is 6.54 Å². The smallest absolute Gasteiger partial charge is 0.327 e. The van der Waals surface area contributed by atoms with Gasteiger partial charge in [0.25, 0.3) is 5.91 Å². The van der Waals surface area contributed by atoms with E-state index in [-0.39, 0.29) is 36.6 Å². The van der Waals surface area contributed by atoms with Crippen LogP contribution in [0.5, 0.6) is 0 Å². The normalized spacial score (nSPS) is 20.9. The molecule has 6 nitrogen and oxygen atoms in total. The maximum absolute atomic E-state index is 13.5. The zero-order valence-corrected chi connectivity index (χ0v) is 13.3. The molecule has 126 valence electrons. The van der Waals surface area contributed by atoms with E-state index in [0.29, 0.717) is 18.7 Å². The van der Waals surface area contributed by atoms with Crippen LogP contribution in [0.2, 0.25) is 0 Å². The second-order valence-corrected chi connectivity index (χ2v) is 5.86. The van der Waals surface area contributed by atoms with E-state index in [2.05, 4.69) is 0 Å². The molecule has 24 heavy (non-hydrogen) atoms. The fourth-order valence-corrected chi connectivity index (χ4v) is 2.99. The van der Waals surface area contributed by atoms with Crippen molar-refractivity contribution in [2.75, 3.05) is 26.7 Å². The summed E-state index contributed by atoms with van der Waals surface area (Å²) in [5.41, 5.74) is 0.424. The minimum Gasteiger partial charge on any atom is -0.338 e. The Morgan fingerprint density at radius 3 is 2.79 bits per heavy atom. The third kappa shape index (κ3) is 2.89. The Balaban J connectivity index is 1.60. The highest BCUT2D eigenvalue weighted by molar-refractivity contribution is 6.04. The molecule has 2 saturated heterocycles. The Morgan fingerprint density at radius 1 is 1.29 bits per heavy atom. The molecule has 2 fully saturated rings. The highest BCUT2D eigenvalue weighted by Crippen LogP contribution is 2.21. The lowest BCUT2D eigenvalue weighted by molar-refractivity contribution is -0.135. The number of hydrogen-bond donors (Lipinski definition) is 0. The number of carbonyl (C=O) groups excluding carboxylic acids is 3. The number of nitrogens with zero attached hydrogens (tertiary/aromatic N) is 3. The van der Waals surface area contributed by atoms with Crippen molar-refractivity contribution in [3.63, 3.8) is 0 Å². The van der Waals surface area contributed by atoms with E-state index < -0.39 is 6.04 Å². The Kier molecular flexibility index (Phi) is 4.33. The van der Waals surface area contributed by atoms with Crippen molar-refractivity contribution in [1.29, 1.82) is 0 Å². The summed E-state index contributed by atoms with van der Waals surface area (Å²) in [4.78, 5) is 40.4. The third-order valence-corrected chi connectivity index (χ3v) is 4.38. The van der Waals surface area contributed by atoms with Gasteiger partial charge in [-0.15, -0.1) is 0 Å². The molecule has 0 aromatic heterocycles. The molecule has 2 aliphatic heterocycles. The first-order valence-corrected chi connectivity index (χ1v) is 7.76. The number of halogens is 1. The number of piperazine rings is 1. The minimum absolute atomic E-state index is 0.124. The molecule has 0 saturated carbocycles. The summed E-state index contributed by atoms with van der Waals surface area (Å²) in [6, 6.07) is 5.43. The molecule has 0 N–H and O–H groups in total. The fourth-order valence-electron chi connectivity index (χ4n) is 2.99. The van der Waals surface area contributed by atoms with Crippen molar-refractivity contribution in [2.45, 2.75) is 12.5 Å². The van der Waals surface area contributed by atoms with Crippen LogP contribution in [0, 0.1) is 5.82 Å².